The summed E-state index contributed by atoms with van der Waals surface area (Å²) in [5.74, 6) is -0.200. The van der Waals surface area contributed by atoms with E-state index in [1.165, 1.54) is 6.07 Å². The van der Waals surface area contributed by atoms with Crippen LogP contribution in [0.15, 0.2) is 36.4 Å². The van der Waals surface area contributed by atoms with E-state index in [4.69, 9.17) is 0 Å². The van der Waals surface area contributed by atoms with Gasteiger partial charge in [0.25, 0.3) is 0 Å². The van der Waals surface area contributed by atoms with Crippen molar-refractivity contribution in [3.8, 4) is 0 Å². The topological polar surface area (TPSA) is 28.2 Å². The number of benzene rings is 1. The number of pyridine rings is 1. The zero-order chi connectivity index (χ0) is 15.2. The average Bonchev–Trinajstić information content (AvgIpc) is 2.45. The van der Waals surface area contributed by atoms with Crippen LogP contribution in [0.4, 0.5) is 10.1 Å². The average molecular weight is 287 g/mol. The quantitative estimate of drug-likeness (QED) is 0.884. The van der Waals surface area contributed by atoms with E-state index in [0.29, 0.717) is 13.1 Å². The van der Waals surface area contributed by atoms with Crippen LogP contribution in [0, 0.1) is 12.7 Å². The van der Waals surface area contributed by atoms with Gasteiger partial charge in [0.05, 0.1) is 12.2 Å². The molecule has 4 heteroatoms. The number of aryl methyl sites for hydroxylation is 1. The number of aromatic nitrogens is 1. The maximum Gasteiger partial charge on any atom is 0.123 e. The Morgan fingerprint density at radius 2 is 2.05 bits per heavy atom. The Bertz CT molecular complexity index is 598. The van der Waals surface area contributed by atoms with Gasteiger partial charge >= 0.3 is 0 Å². The van der Waals surface area contributed by atoms with Gasteiger partial charge in [0.1, 0.15) is 5.82 Å². The molecule has 3 nitrogen and oxygen atoms in total. The first-order valence-electron chi connectivity index (χ1n) is 7.23. The van der Waals surface area contributed by atoms with Crippen molar-refractivity contribution in [2.24, 2.45) is 0 Å². The maximum atomic E-state index is 13.5. The molecule has 2 rings (SSSR count). The van der Waals surface area contributed by atoms with Crippen LogP contribution >= 0.6 is 0 Å². The van der Waals surface area contributed by atoms with E-state index in [9.17, 15) is 4.39 Å². The Balaban J connectivity index is 2.19. The number of anilines is 1. The Labute approximate surface area is 125 Å². The van der Waals surface area contributed by atoms with E-state index < -0.39 is 0 Å². The van der Waals surface area contributed by atoms with Crippen LogP contribution in [0.25, 0.3) is 0 Å². The largest absolute Gasteiger partial charge is 0.368 e. The zero-order valence-corrected chi connectivity index (χ0v) is 12.9. The highest BCUT2D eigenvalue weighted by Gasteiger charge is 2.10. The van der Waals surface area contributed by atoms with Gasteiger partial charge in [-0.2, -0.15) is 0 Å². The second-order valence-corrected chi connectivity index (χ2v) is 5.18. The molecule has 0 aliphatic heterocycles. The summed E-state index contributed by atoms with van der Waals surface area (Å²) in [7, 11) is 2.01. The Hall–Kier alpha value is -1.94. The summed E-state index contributed by atoms with van der Waals surface area (Å²) < 4.78 is 13.5. The SMILES string of the molecule is CCNCc1cc(F)ccc1N(C)Cc1cccc(C)n1. The first-order chi connectivity index (χ1) is 10.1. The highest BCUT2D eigenvalue weighted by Crippen LogP contribution is 2.22. The molecule has 1 aromatic carbocycles. The van der Waals surface area contributed by atoms with Crippen LogP contribution in [0.1, 0.15) is 23.9 Å². The molecule has 2 aromatic rings. The lowest BCUT2D eigenvalue weighted by Crippen LogP contribution is -2.21. The smallest absolute Gasteiger partial charge is 0.123 e. The monoisotopic (exact) mass is 287 g/mol. The number of nitrogens with zero attached hydrogens (tertiary/aromatic N) is 2. The van der Waals surface area contributed by atoms with Crippen molar-refractivity contribution in [1.29, 1.82) is 0 Å². The number of hydrogen-bond acceptors (Lipinski definition) is 3. The van der Waals surface area contributed by atoms with Crippen molar-refractivity contribution in [2.75, 3.05) is 18.5 Å². The molecular formula is C17H22FN3. The summed E-state index contributed by atoms with van der Waals surface area (Å²) in [6, 6.07) is 10.9. The summed E-state index contributed by atoms with van der Waals surface area (Å²) >= 11 is 0. The van der Waals surface area contributed by atoms with E-state index in [-0.39, 0.29) is 5.82 Å². The fourth-order valence-electron chi connectivity index (χ4n) is 2.34. The van der Waals surface area contributed by atoms with E-state index in [0.717, 1.165) is 29.2 Å². The lowest BCUT2D eigenvalue weighted by atomic mass is 10.1. The van der Waals surface area contributed by atoms with Gasteiger partial charge in [-0.25, -0.2) is 4.39 Å². The van der Waals surface area contributed by atoms with Gasteiger partial charge in [-0.3, -0.25) is 4.98 Å². The molecule has 0 unspecified atom stereocenters. The summed E-state index contributed by atoms with van der Waals surface area (Å²) in [5.41, 5.74) is 4.01. The first-order valence-corrected chi connectivity index (χ1v) is 7.23. The number of nitrogens with one attached hydrogen (secondary N) is 1. The van der Waals surface area contributed by atoms with Gasteiger partial charge in [-0.15, -0.1) is 0 Å². The molecule has 0 saturated heterocycles. The Kier molecular flexibility index (Phi) is 5.28. The lowest BCUT2D eigenvalue weighted by Gasteiger charge is -2.22. The molecule has 0 aliphatic rings. The van der Waals surface area contributed by atoms with E-state index in [1.807, 2.05) is 45.2 Å². The summed E-state index contributed by atoms with van der Waals surface area (Å²) in [4.78, 5) is 6.62. The predicted molar refractivity (Wildman–Crippen MR) is 84.9 cm³/mol. The maximum absolute atomic E-state index is 13.5. The summed E-state index contributed by atoms with van der Waals surface area (Å²) in [6.45, 7) is 6.25. The molecule has 21 heavy (non-hydrogen) atoms. The van der Waals surface area contributed by atoms with Gasteiger partial charge in [0, 0.05) is 25.0 Å². The highest BCUT2D eigenvalue weighted by atomic mass is 19.1. The van der Waals surface area contributed by atoms with Crippen molar-refractivity contribution in [2.45, 2.75) is 26.9 Å². The molecule has 1 aromatic heterocycles. The highest BCUT2D eigenvalue weighted by molar-refractivity contribution is 5.53. The first kappa shape index (κ1) is 15.4. The molecule has 0 atom stereocenters. The minimum atomic E-state index is -0.200. The zero-order valence-electron chi connectivity index (χ0n) is 12.9. The molecule has 0 aliphatic carbocycles. The predicted octanol–water partition coefficient (Wildman–Crippen LogP) is 3.28. The van der Waals surface area contributed by atoms with E-state index in [2.05, 4.69) is 15.2 Å². The van der Waals surface area contributed by atoms with Crippen molar-refractivity contribution in [3.63, 3.8) is 0 Å². The molecular weight excluding hydrogens is 265 g/mol. The van der Waals surface area contributed by atoms with Crippen LogP contribution in [0.2, 0.25) is 0 Å². The van der Waals surface area contributed by atoms with E-state index >= 15 is 0 Å². The molecule has 0 radical (unpaired) electrons. The van der Waals surface area contributed by atoms with Crippen LogP contribution in [0.3, 0.4) is 0 Å². The van der Waals surface area contributed by atoms with Gasteiger partial charge < -0.3 is 10.2 Å². The molecule has 0 amide bonds. The lowest BCUT2D eigenvalue weighted by molar-refractivity contribution is 0.621. The number of rotatable bonds is 6. The minimum absolute atomic E-state index is 0.200. The van der Waals surface area contributed by atoms with Crippen LogP contribution in [0.5, 0.6) is 0 Å². The molecule has 0 spiro atoms. The summed E-state index contributed by atoms with van der Waals surface area (Å²) in [6.07, 6.45) is 0. The van der Waals surface area contributed by atoms with Gasteiger partial charge in [0.2, 0.25) is 0 Å². The third kappa shape index (κ3) is 4.26. The molecule has 0 saturated carbocycles. The Morgan fingerprint density at radius 1 is 1.24 bits per heavy atom. The van der Waals surface area contributed by atoms with Crippen LogP contribution in [-0.2, 0) is 13.1 Å². The molecule has 0 bridgehead atoms. The molecule has 1 heterocycles. The number of halogens is 1. The minimum Gasteiger partial charge on any atom is -0.368 e. The van der Waals surface area contributed by atoms with Crippen LogP contribution < -0.4 is 10.2 Å². The second kappa shape index (κ2) is 7.18. The van der Waals surface area contributed by atoms with Gasteiger partial charge in [0.15, 0.2) is 0 Å². The van der Waals surface area contributed by atoms with Gasteiger partial charge in [-0.1, -0.05) is 13.0 Å². The molecule has 0 fully saturated rings. The Morgan fingerprint density at radius 3 is 2.76 bits per heavy atom. The third-order valence-corrected chi connectivity index (χ3v) is 3.36. The second-order valence-electron chi connectivity index (χ2n) is 5.18. The van der Waals surface area contributed by atoms with Crippen molar-refractivity contribution in [3.05, 3.63) is 59.2 Å². The van der Waals surface area contributed by atoms with E-state index in [1.54, 1.807) is 6.07 Å². The van der Waals surface area contributed by atoms with Crippen molar-refractivity contribution in [1.82, 2.24) is 10.3 Å². The fraction of sp³-hybridized carbons (Fsp3) is 0.353. The van der Waals surface area contributed by atoms with Crippen LogP contribution in [-0.4, -0.2) is 18.6 Å². The standard InChI is InChI=1S/C17H22FN3/c1-4-19-11-14-10-15(18)8-9-17(14)21(3)12-16-7-5-6-13(2)20-16/h5-10,19H,4,11-12H2,1-3H3. The molecule has 112 valence electrons. The normalized spacial score (nSPS) is 10.7. The molecule has 1 N–H and O–H groups in total. The van der Waals surface area contributed by atoms with Crippen molar-refractivity contribution >= 4 is 5.69 Å². The van der Waals surface area contributed by atoms with Crippen molar-refractivity contribution < 1.29 is 4.39 Å². The number of hydrogen-bond donors (Lipinski definition) is 1. The summed E-state index contributed by atoms with van der Waals surface area (Å²) in [5, 5.41) is 3.25. The third-order valence-electron chi connectivity index (χ3n) is 3.36. The fourth-order valence-corrected chi connectivity index (χ4v) is 2.34. The van der Waals surface area contributed by atoms with Gasteiger partial charge in [-0.05, 0) is 49.4 Å².